The number of unbranched alkanes of at least 4 members (excludes halogenated alkanes) is 1. The second-order valence-electron chi connectivity index (χ2n) is 8.80. The number of carbonyl (C=O) groups is 2. The summed E-state index contributed by atoms with van der Waals surface area (Å²) in [6.45, 7) is 12.6. The first-order valence-corrected chi connectivity index (χ1v) is 11.9. The summed E-state index contributed by atoms with van der Waals surface area (Å²) in [6, 6.07) is 9.11. The molecular formula is C27H35ClO4. The Bertz CT molecular complexity index is 962. The fraction of sp³-hybridized carbons (Fsp3) is 0.481. The topological polar surface area (TPSA) is 63.6 Å². The zero-order valence-corrected chi connectivity index (χ0v) is 20.8. The Balaban J connectivity index is 3.00. The second kappa shape index (κ2) is 11.5. The predicted octanol–water partition coefficient (Wildman–Crippen LogP) is 7.79. The number of carboxylic acid groups (broad SMARTS) is 1. The van der Waals surface area contributed by atoms with E-state index in [1.54, 1.807) is 25.1 Å². The third-order valence-corrected chi connectivity index (χ3v) is 6.11. The van der Waals surface area contributed by atoms with Crippen LogP contribution in [0.2, 0.25) is 5.02 Å². The summed E-state index contributed by atoms with van der Waals surface area (Å²) >= 11 is 6.63. The molecule has 4 nitrogen and oxygen atoms in total. The van der Waals surface area contributed by atoms with Crippen LogP contribution in [-0.2, 0) is 9.53 Å². The van der Waals surface area contributed by atoms with Crippen molar-refractivity contribution < 1.29 is 19.4 Å². The van der Waals surface area contributed by atoms with E-state index >= 15 is 0 Å². The molecule has 0 bridgehead atoms. The normalized spacial score (nSPS) is 12.3. The fourth-order valence-corrected chi connectivity index (χ4v) is 4.34. The number of benzene rings is 2. The smallest absolute Gasteiger partial charge is 0.336 e. The lowest BCUT2D eigenvalue weighted by Crippen LogP contribution is -2.19. The van der Waals surface area contributed by atoms with E-state index in [4.69, 9.17) is 16.3 Å². The largest absolute Gasteiger partial charge is 0.478 e. The van der Waals surface area contributed by atoms with Crippen LogP contribution in [0.25, 0.3) is 11.1 Å². The summed E-state index contributed by atoms with van der Waals surface area (Å²) in [6.07, 6.45) is 2.44. The number of esters is 1. The lowest BCUT2D eigenvalue weighted by molar-refractivity contribution is -0.145. The number of ether oxygens (including phenoxy) is 1. The van der Waals surface area contributed by atoms with Gasteiger partial charge in [0.15, 0.2) is 0 Å². The minimum Gasteiger partial charge on any atom is -0.478 e. The van der Waals surface area contributed by atoms with Crippen molar-refractivity contribution >= 4 is 23.5 Å². The Morgan fingerprint density at radius 3 is 2.19 bits per heavy atom. The molecule has 1 atom stereocenters. The Kier molecular flexibility index (Phi) is 9.33. The number of carboxylic acids is 1. The Morgan fingerprint density at radius 1 is 1.00 bits per heavy atom. The standard InChI is InChI=1S/C27H35ClO4/c1-7-9-11-19(27(31)32-8-2)22-15-18(16(3)4)14-21(17(5)6)24(22)25-20(26(29)30)12-10-13-23(25)28/h10,12-17,19H,7-9,11H2,1-6H3,(H,29,30). The first-order valence-electron chi connectivity index (χ1n) is 11.5. The molecule has 1 unspecified atom stereocenters. The van der Waals surface area contributed by atoms with Crippen molar-refractivity contribution in [1.82, 2.24) is 0 Å². The zero-order chi connectivity index (χ0) is 24.0. The number of rotatable bonds is 10. The summed E-state index contributed by atoms with van der Waals surface area (Å²) in [5.41, 5.74) is 4.27. The highest BCUT2D eigenvalue weighted by Crippen LogP contribution is 2.44. The van der Waals surface area contributed by atoms with Gasteiger partial charge in [-0.1, -0.05) is 77.3 Å². The van der Waals surface area contributed by atoms with Crippen molar-refractivity contribution in [3.05, 3.63) is 57.6 Å². The summed E-state index contributed by atoms with van der Waals surface area (Å²) in [5, 5.41) is 10.3. The quantitative estimate of drug-likeness (QED) is 0.369. The summed E-state index contributed by atoms with van der Waals surface area (Å²) < 4.78 is 5.47. The van der Waals surface area contributed by atoms with E-state index in [9.17, 15) is 14.7 Å². The highest BCUT2D eigenvalue weighted by Gasteiger charge is 2.30. The number of hydrogen-bond donors (Lipinski definition) is 1. The Labute approximate surface area is 196 Å². The molecule has 32 heavy (non-hydrogen) atoms. The van der Waals surface area contributed by atoms with Gasteiger partial charge in [-0.3, -0.25) is 4.79 Å². The molecule has 0 aliphatic heterocycles. The average molecular weight is 459 g/mol. The Hall–Kier alpha value is -2.33. The maximum Gasteiger partial charge on any atom is 0.336 e. The van der Waals surface area contributed by atoms with Gasteiger partial charge < -0.3 is 9.84 Å². The number of halogens is 1. The van der Waals surface area contributed by atoms with Gasteiger partial charge in [-0.05, 0) is 59.6 Å². The molecule has 0 radical (unpaired) electrons. The lowest BCUT2D eigenvalue weighted by Gasteiger charge is -2.26. The van der Waals surface area contributed by atoms with Crippen LogP contribution in [0.15, 0.2) is 30.3 Å². The molecule has 2 aromatic rings. The lowest BCUT2D eigenvalue weighted by atomic mass is 9.78. The van der Waals surface area contributed by atoms with Gasteiger partial charge in [-0.15, -0.1) is 0 Å². The number of carbonyl (C=O) groups excluding carboxylic acids is 1. The zero-order valence-electron chi connectivity index (χ0n) is 20.0. The SMILES string of the molecule is CCCCC(C(=O)OCC)c1cc(C(C)C)cc(C(C)C)c1-c1c(Cl)cccc1C(=O)O. The molecule has 0 spiro atoms. The van der Waals surface area contributed by atoms with Crippen LogP contribution < -0.4 is 0 Å². The van der Waals surface area contributed by atoms with Crippen LogP contribution in [0, 0.1) is 0 Å². The molecule has 0 heterocycles. The van der Waals surface area contributed by atoms with Crippen LogP contribution in [0.4, 0.5) is 0 Å². The predicted molar refractivity (Wildman–Crippen MR) is 131 cm³/mol. The van der Waals surface area contributed by atoms with Gasteiger partial charge in [-0.2, -0.15) is 0 Å². The van der Waals surface area contributed by atoms with Gasteiger partial charge in [-0.25, -0.2) is 4.79 Å². The molecule has 0 amide bonds. The molecular weight excluding hydrogens is 424 g/mol. The molecule has 0 fully saturated rings. The van der Waals surface area contributed by atoms with Crippen molar-refractivity contribution in [3.63, 3.8) is 0 Å². The van der Waals surface area contributed by atoms with E-state index in [0.717, 1.165) is 35.1 Å². The molecule has 0 aliphatic carbocycles. The van der Waals surface area contributed by atoms with E-state index < -0.39 is 11.9 Å². The fourth-order valence-electron chi connectivity index (χ4n) is 4.07. The summed E-state index contributed by atoms with van der Waals surface area (Å²) in [7, 11) is 0. The third-order valence-electron chi connectivity index (χ3n) is 5.80. The van der Waals surface area contributed by atoms with Crippen molar-refractivity contribution in [2.45, 2.75) is 78.6 Å². The van der Waals surface area contributed by atoms with Gasteiger partial charge in [0, 0.05) is 10.6 Å². The van der Waals surface area contributed by atoms with E-state index in [0.29, 0.717) is 23.6 Å². The molecule has 5 heteroatoms. The number of aromatic carboxylic acids is 1. The maximum absolute atomic E-state index is 13.1. The number of hydrogen-bond acceptors (Lipinski definition) is 3. The summed E-state index contributed by atoms with van der Waals surface area (Å²) in [4.78, 5) is 25.3. The first-order chi connectivity index (χ1) is 15.1. The molecule has 0 aliphatic rings. The molecule has 0 saturated carbocycles. The molecule has 2 rings (SSSR count). The molecule has 0 saturated heterocycles. The highest BCUT2D eigenvalue weighted by molar-refractivity contribution is 6.34. The first kappa shape index (κ1) is 25.9. The van der Waals surface area contributed by atoms with Gasteiger partial charge in [0.25, 0.3) is 0 Å². The van der Waals surface area contributed by atoms with Gasteiger partial charge in [0.1, 0.15) is 0 Å². The maximum atomic E-state index is 13.1. The van der Waals surface area contributed by atoms with Crippen molar-refractivity contribution in [2.24, 2.45) is 0 Å². The Morgan fingerprint density at radius 2 is 1.66 bits per heavy atom. The average Bonchev–Trinajstić information content (AvgIpc) is 2.73. The van der Waals surface area contributed by atoms with Crippen molar-refractivity contribution in [2.75, 3.05) is 6.61 Å². The molecule has 174 valence electrons. The second-order valence-corrected chi connectivity index (χ2v) is 9.21. The van der Waals surface area contributed by atoms with E-state index in [1.807, 2.05) is 0 Å². The van der Waals surface area contributed by atoms with E-state index in [-0.39, 0.29) is 23.4 Å². The van der Waals surface area contributed by atoms with Crippen molar-refractivity contribution in [3.8, 4) is 11.1 Å². The summed E-state index contributed by atoms with van der Waals surface area (Å²) in [5.74, 6) is -1.45. The van der Waals surface area contributed by atoms with Gasteiger partial charge in [0.2, 0.25) is 0 Å². The van der Waals surface area contributed by atoms with Crippen LogP contribution >= 0.6 is 11.6 Å². The van der Waals surface area contributed by atoms with Crippen molar-refractivity contribution in [1.29, 1.82) is 0 Å². The molecule has 0 aromatic heterocycles. The van der Waals surface area contributed by atoms with Crippen LogP contribution in [0.3, 0.4) is 0 Å². The van der Waals surface area contributed by atoms with Crippen LogP contribution in [0.5, 0.6) is 0 Å². The minimum absolute atomic E-state index is 0.106. The molecule has 1 N–H and O–H groups in total. The third kappa shape index (κ3) is 5.72. The molecule has 2 aromatic carbocycles. The van der Waals surface area contributed by atoms with E-state index in [1.165, 1.54) is 0 Å². The van der Waals surface area contributed by atoms with E-state index in [2.05, 4.69) is 46.8 Å². The van der Waals surface area contributed by atoms with Gasteiger partial charge >= 0.3 is 11.9 Å². The van der Waals surface area contributed by atoms with Crippen LogP contribution in [0.1, 0.15) is 106 Å². The monoisotopic (exact) mass is 458 g/mol. The van der Waals surface area contributed by atoms with Gasteiger partial charge in [0.05, 0.1) is 18.1 Å². The highest BCUT2D eigenvalue weighted by atomic mass is 35.5. The minimum atomic E-state index is -1.04. The van der Waals surface area contributed by atoms with Crippen LogP contribution in [-0.4, -0.2) is 23.7 Å².